The Kier molecular flexibility index (Phi) is 4.88. The van der Waals surface area contributed by atoms with E-state index in [4.69, 9.17) is 13.6 Å². The van der Waals surface area contributed by atoms with Crippen molar-refractivity contribution in [2.24, 2.45) is 7.05 Å². The average Bonchev–Trinajstić information content (AvgIpc) is 3.21. The van der Waals surface area contributed by atoms with Gasteiger partial charge in [0.05, 0.1) is 34.6 Å². The minimum Gasteiger partial charge on any atom is -0.497 e. The fourth-order valence-corrected chi connectivity index (χ4v) is 4.28. The van der Waals surface area contributed by atoms with Gasteiger partial charge in [-0.3, -0.25) is 14.5 Å². The molecule has 0 saturated heterocycles. The minimum absolute atomic E-state index is 0.113. The summed E-state index contributed by atoms with van der Waals surface area (Å²) in [6, 6.07) is 14.5. The van der Waals surface area contributed by atoms with Crippen molar-refractivity contribution in [3.63, 3.8) is 0 Å². The van der Waals surface area contributed by atoms with Crippen molar-refractivity contribution in [2.45, 2.75) is 19.9 Å². The first-order chi connectivity index (χ1) is 18.0. The van der Waals surface area contributed by atoms with E-state index in [0.717, 1.165) is 22.0 Å². The smallest absolute Gasteiger partial charge is 0.333 e. The number of ether oxygens (including phenoxy) is 2. The van der Waals surface area contributed by atoms with Crippen molar-refractivity contribution in [2.75, 3.05) is 23.4 Å². The number of hydrogen-bond acceptors (Lipinski definition) is 4. The molecule has 35 heavy (non-hydrogen) atoms. The van der Waals surface area contributed by atoms with Gasteiger partial charge in [-0.05, 0) is 66.6 Å². The molecule has 3 aromatic carbocycles. The van der Waals surface area contributed by atoms with Crippen molar-refractivity contribution in [1.82, 2.24) is 9.78 Å². The number of urea groups is 1. The van der Waals surface area contributed by atoms with Crippen LogP contribution in [-0.4, -0.2) is 35.9 Å². The van der Waals surface area contributed by atoms with Crippen LogP contribution in [0.15, 0.2) is 60.8 Å². The number of aromatic nitrogens is 2. The van der Waals surface area contributed by atoms with Crippen LogP contribution in [0.5, 0.6) is 11.5 Å². The lowest BCUT2D eigenvalue weighted by Gasteiger charge is -2.38. The number of rotatable bonds is 6. The molecule has 9 heteroatoms. The van der Waals surface area contributed by atoms with Crippen molar-refractivity contribution < 1.29 is 27.2 Å². The topological polar surface area (TPSA) is 59.8 Å². The number of carbonyl (C=O) groups is 1. The maximum Gasteiger partial charge on any atom is 0.333 e. The van der Waals surface area contributed by atoms with Crippen LogP contribution in [0.3, 0.4) is 0 Å². The summed E-state index contributed by atoms with van der Waals surface area (Å²) >= 11 is 0. The molecule has 4 aromatic rings. The summed E-state index contributed by atoms with van der Waals surface area (Å²) in [6.07, 6.45) is -0.784. The number of methoxy groups -OCH3 is 1. The van der Waals surface area contributed by atoms with E-state index in [1.165, 1.54) is 17.0 Å². The summed E-state index contributed by atoms with van der Waals surface area (Å²) in [5.41, 5.74) is 3.95. The number of hydrogen-bond donors (Lipinski definition) is 0. The third-order valence-corrected chi connectivity index (χ3v) is 5.91. The molecule has 2 heterocycles. The van der Waals surface area contributed by atoms with Gasteiger partial charge in [0.1, 0.15) is 18.1 Å². The van der Waals surface area contributed by atoms with E-state index in [-0.39, 0.29) is 24.1 Å². The lowest BCUT2D eigenvalue weighted by molar-refractivity contribution is 0.0819. The van der Waals surface area contributed by atoms with Gasteiger partial charge in [-0.25, -0.2) is 13.6 Å². The fourth-order valence-electron chi connectivity index (χ4n) is 4.28. The second-order valence-electron chi connectivity index (χ2n) is 8.29. The van der Waals surface area contributed by atoms with E-state index in [0.29, 0.717) is 17.1 Å². The van der Waals surface area contributed by atoms with E-state index < -0.39 is 20.1 Å². The summed E-state index contributed by atoms with van der Waals surface area (Å²) in [5, 5.41) is 5.26. The summed E-state index contributed by atoms with van der Waals surface area (Å²) < 4.78 is 59.5. The summed E-state index contributed by atoms with van der Waals surface area (Å²) in [4.78, 5) is 17.1. The predicted molar refractivity (Wildman–Crippen MR) is 130 cm³/mol. The molecule has 7 nitrogen and oxygen atoms in total. The molecule has 2 amide bonds. The van der Waals surface area contributed by atoms with Gasteiger partial charge in [0.15, 0.2) is 0 Å². The summed E-state index contributed by atoms with van der Waals surface area (Å²) in [5.74, 6) is 0.328. The van der Waals surface area contributed by atoms with E-state index in [9.17, 15) is 13.6 Å². The largest absolute Gasteiger partial charge is 0.497 e. The molecule has 1 aliphatic heterocycles. The lowest BCUT2D eigenvalue weighted by atomic mass is 10.0. The zero-order valence-corrected chi connectivity index (χ0v) is 19.0. The Morgan fingerprint density at radius 3 is 2.60 bits per heavy atom. The Hall–Kier alpha value is -4.14. The van der Waals surface area contributed by atoms with E-state index >= 15 is 0 Å². The maximum atomic E-state index is 14.0. The monoisotopic (exact) mass is 481 g/mol. The van der Waals surface area contributed by atoms with Crippen LogP contribution in [0.2, 0.25) is 0 Å². The number of benzene rings is 3. The van der Waals surface area contributed by atoms with Crippen molar-refractivity contribution in [1.29, 1.82) is 0 Å². The van der Waals surface area contributed by atoms with Gasteiger partial charge in [-0.15, -0.1) is 0 Å². The number of anilines is 3. The van der Waals surface area contributed by atoms with Gasteiger partial charge < -0.3 is 9.47 Å². The summed E-state index contributed by atoms with van der Waals surface area (Å²) in [6.45, 7) is 1.31. The highest BCUT2D eigenvalue weighted by molar-refractivity contribution is 6.11. The van der Waals surface area contributed by atoms with Crippen LogP contribution in [0.25, 0.3) is 10.9 Å². The molecule has 5 rings (SSSR count). The van der Waals surface area contributed by atoms with Crippen LogP contribution < -0.4 is 19.3 Å². The van der Waals surface area contributed by atoms with E-state index in [1.807, 2.05) is 38.4 Å². The van der Waals surface area contributed by atoms with Gasteiger partial charge in [-0.2, -0.15) is 5.10 Å². The molecule has 0 N–H and O–H groups in total. The molecule has 0 radical (unpaired) electrons. The average molecular weight is 482 g/mol. The molecule has 0 unspecified atom stereocenters. The second kappa shape index (κ2) is 8.90. The molecule has 0 atom stereocenters. The maximum absolute atomic E-state index is 14.0. The normalized spacial score (nSPS) is 15.1. The minimum atomic E-state index is -2.65. The van der Waals surface area contributed by atoms with Gasteiger partial charge >= 0.3 is 6.03 Å². The molecule has 0 spiro atoms. The lowest BCUT2D eigenvalue weighted by Crippen LogP contribution is -2.45. The van der Waals surface area contributed by atoms with Crippen LogP contribution in [0, 0.1) is 6.92 Å². The quantitative estimate of drug-likeness (QED) is 0.349. The molecule has 1 aromatic heterocycles. The van der Waals surface area contributed by atoms with E-state index in [2.05, 4.69) is 5.10 Å². The van der Waals surface area contributed by atoms with Crippen molar-refractivity contribution in [3.05, 3.63) is 71.9 Å². The molecule has 0 aliphatic carbocycles. The molecule has 1 aliphatic rings. The highest BCUT2D eigenvalue weighted by atomic mass is 19.3. The highest BCUT2D eigenvalue weighted by Gasteiger charge is 2.34. The Labute approximate surface area is 205 Å². The molecule has 180 valence electrons. The van der Waals surface area contributed by atoms with Crippen LogP contribution in [0.4, 0.5) is 30.6 Å². The van der Waals surface area contributed by atoms with Crippen LogP contribution in [0.1, 0.15) is 15.2 Å². The third kappa shape index (κ3) is 4.25. The fraction of sp³-hybridized carbons (Fsp3) is 0.231. The molecule has 0 fully saturated rings. The second-order valence-corrected chi connectivity index (χ2v) is 8.29. The standard InChI is InChI=1S/C26H24F2N4O3/c1-16-10-21(35-15-25(27)28)12-24-22(16)14-31(19-6-9-23-17(11-19)13-30(2)29-23)26(33)32(24)18-4-7-20(34-3)8-5-18/h4-13,25H,14-15H2,1-3H3/i3D3. The van der Waals surface area contributed by atoms with Gasteiger partial charge in [0.25, 0.3) is 6.43 Å². The number of halogens is 2. The first-order valence-electron chi connectivity index (χ1n) is 12.4. The summed E-state index contributed by atoms with van der Waals surface area (Å²) in [7, 11) is -0.800. The molecular weight excluding hydrogens is 454 g/mol. The van der Waals surface area contributed by atoms with Gasteiger partial charge in [-0.1, -0.05) is 0 Å². The number of alkyl halides is 2. The molecule has 0 saturated carbocycles. The molecular formula is C26H24F2N4O3. The first kappa shape index (κ1) is 19.2. The Morgan fingerprint density at radius 2 is 1.86 bits per heavy atom. The van der Waals surface area contributed by atoms with Gasteiger partial charge in [0, 0.05) is 30.4 Å². The van der Waals surface area contributed by atoms with Crippen LogP contribution >= 0.6 is 0 Å². The van der Waals surface area contributed by atoms with Crippen LogP contribution in [-0.2, 0) is 13.6 Å². The number of aryl methyl sites for hydroxylation is 2. The predicted octanol–water partition coefficient (Wildman–Crippen LogP) is 5.81. The Bertz CT molecular complexity index is 1510. The zero-order chi connectivity index (χ0) is 27.2. The number of carbonyl (C=O) groups excluding carboxylic acids is 1. The van der Waals surface area contributed by atoms with Crippen molar-refractivity contribution >= 4 is 34.0 Å². The number of fused-ring (bicyclic) bond motifs is 2. The Balaban J connectivity index is 1.59. The zero-order valence-electron chi connectivity index (χ0n) is 22.0. The number of amides is 2. The Morgan fingerprint density at radius 1 is 1.09 bits per heavy atom. The van der Waals surface area contributed by atoms with Crippen molar-refractivity contribution in [3.8, 4) is 11.5 Å². The number of nitrogens with zero attached hydrogens (tertiary/aromatic N) is 4. The molecule has 0 bridgehead atoms. The SMILES string of the molecule is [2H]C([2H])([2H])Oc1ccc(N2C(=O)N(c3ccc4nn(C)cc4c3)Cc3c(C)cc(OCC(F)F)cc32)cc1. The first-order valence-corrected chi connectivity index (χ1v) is 10.9. The van der Waals surface area contributed by atoms with Gasteiger partial charge in [0.2, 0.25) is 0 Å². The third-order valence-electron chi connectivity index (χ3n) is 5.91. The van der Waals surface area contributed by atoms with E-state index in [1.54, 1.807) is 33.8 Å². The highest BCUT2D eigenvalue weighted by Crippen LogP contribution is 2.41.